The number of thiophene rings is 1. The summed E-state index contributed by atoms with van der Waals surface area (Å²) in [4.78, 5) is 22.8. The van der Waals surface area contributed by atoms with Crippen LogP contribution in [-0.4, -0.2) is 17.0 Å². The van der Waals surface area contributed by atoms with E-state index in [1.165, 1.54) is 6.07 Å². The molecule has 2 rings (SSSR count). The van der Waals surface area contributed by atoms with Crippen molar-refractivity contribution in [2.24, 2.45) is 0 Å². The SMILES string of the molecule is Cc1ccc(CCC(=O)Nc2ccc(C(=O)O)s2)cc1Cl. The second-order valence-corrected chi connectivity index (χ2v) is 6.09. The average molecular weight is 324 g/mol. The van der Waals surface area contributed by atoms with E-state index in [-0.39, 0.29) is 10.8 Å². The number of amides is 1. The van der Waals surface area contributed by atoms with Crippen LogP contribution in [0.4, 0.5) is 5.00 Å². The molecule has 0 bridgehead atoms. The topological polar surface area (TPSA) is 66.4 Å². The van der Waals surface area contributed by atoms with Crippen LogP contribution in [0.2, 0.25) is 5.02 Å². The Labute approximate surface area is 131 Å². The monoisotopic (exact) mass is 323 g/mol. The quantitative estimate of drug-likeness (QED) is 0.874. The molecule has 0 aliphatic carbocycles. The molecule has 2 aromatic rings. The summed E-state index contributed by atoms with van der Waals surface area (Å²) in [6, 6.07) is 8.80. The van der Waals surface area contributed by atoms with Gasteiger partial charge in [-0.15, -0.1) is 11.3 Å². The van der Waals surface area contributed by atoms with Gasteiger partial charge in [0.2, 0.25) is 5.91 Å². The van der Waals surface area contributed by atoms with E-state index in [0.29, 0.717) is 22.9 Å². The number of nitrogens with one attached hydrogen (secondary N) is 1. The van der Waals surface area contributed by atoms with Crippen molar-refractivity contribution in [2.75, 3.05) is 5.32 Å². The Hall–Kier alpha value is -1.85. The lowest BCUT2D eigenvalue weighted by atomic mass is 10.1. The molecule has 0 spiro atoms. The fraction of sp³-hybridized carbons (Fsp3) is 0.200. The van der Waals surface area contributed by atoms with Gasteiger partial charge in [0.1, 0.15) is 4.88 Å². The summed E-state index contributed by atoms with van der Waals surface area (Å²) in [5, 5.41) is 12.7. The number of benzene rings is 1. The lowest BCUT2D eigenvalue weighted by Gasteiger charge is -2.05. The molecule has 0 aliphatic rings. The summed E-state index contributed by atoms with van der Waals surface area (Å²) < 4.78 is 0. The number of carboxylic acid groups (broad SMARTS) is 1. The number of aryl methyl sites for hydroxylation is 2. The van der Waals surface area contributed by atoms with Gasteiger partial charge in [-0.3, -0.25) is 4.79 Å². The Bertz CT molecular complexity index is 681. The fourth-order valence-electron chi connectivity index (χ4n) is 1.77. The molecule has 1 aromatic carbocycles. The van der Waals surface area contributed by atoms with Crippen LogP contribution < -0.4 is 5.32 Å². The molecule has 6 heteroatoms. The highest BCUT2D eigenvalue weighted by molar-refractivity contribution is 7.18. The Morgan fingerprint density at radius 1 is 1.29 bits per heavy atom. The van der Waals surface area contributed by atoms with Crippen molar-refractivity contribution in [3.8, 4) is 0 Å². The first-order chi connectivity index (χ1) is 9.95. The molecule has 1 heterocycles. The molecule has 2 N–H and O–H groups in total. The zero-order chi connectivity index (χ0) is 15.4. The summed E-state index contributed by atoms with van der Waals surface area (Å²) in [6.45, 7) is 1.93. The molecule has 21 heavy (non-hydrogen) atoms. The van der Waals surface area contributed by atoms with Crippen molar-refractivity contribution in [3.05, 3.63) is 51.4 Å². The number of halogens is 1. The first-order valence-electron chi connectivity index (χ1n) is 6.33. The normalized spacial score (nSPS) is 10.4. The second kappa shape index (κ2) is 6.74. The Balaban J connectivity index is 1.89. The maximum atomic E-state index is 11.8. The molecule has 0 unspecified atom stereocenters. The van der Waals surface area contributed by atoms with Gasteiger partial charge in [-0.1, -0.05) is 23.7 Å². The number of rotatable bonds is 5. The average Bonchev–Trinajstić information content (AvgIpc) is 2.89. The summed E-state index contributed by atoms with van der Waals surface area (Å²) in [6.07, 6.45) is 0.905. The van der Waals surface area contributed by atoms with Gasteiger partial charge >= 0.3 is 5.97 Å². The highest BCUT2D eigenvalue weighted by Crippen LogP contribution is 2.22. The molecule has 1 amide bonds. The Morgan fingerprint density at radius 2 is 2.05 bits per heavy atom. The lowest BCUT2D eigenvalue weighted by molar-refractivity contribution is -0.116. The summed E-state index contributed by atoms with van der Waals surface area (Å²) >= 11 is 7.08. The van der Waals surface area contributed by atoms with Gasteiger partial charge in [0, 0.05) is 11.4 Å². The predicted molar refractivity (Wildman–Crippen MR) is 84.4 cm³/mol. The van der Waals surface area contributed by atoms with Crippen molar-refractivity contribution < 1.29 is 14.7 Å². The zero-order valence-corrected chi connectivity index (χ0v) is 12.9. The van der Waals surface area contributed by atoms with Crippen LogP contribution in [0.1, 0.15) is 27.2 Å². The second-order valence-electron chi connectivity index (χ2n) is 4.60. The van der Waals surface area contributed by atoms with Crippen LogP contribution in [-0.2, 0) is 11.2 Å². The molecule has 0 fully saturated rings. The standard InChI is InChI=1S/C15H14ClNO3S/c1-9-2-3-10(8-11(9)16)4-6-13(18)17-14-7-5-12(21-14)15(19)20/h2-3,5,7-8H,4,6H2,1H3,(H,17,18)(H,19,20). The smallest absolute Gasteiger partial charge is 0.345 e. The van der Waals surface area contributed by atoms with Crippen LogP contribution in [0.3, 0.4) is 0 Å². The number of carbonyl (C=O) groups is 2. The van der Waals surface area contributed by atoms with Gasteiger partial charge in [0.05, 0.1) is 5.00 Å². The number of anilines is 1. The molecular formula is C15H14ClNO3S. The van der Waals surface area contributed by atoms with E-state index in [9.17, 15) is 9.59 Å². The summed E-state index contributed by atoms with van der Waals surface area (Å²) in [5.41, 5.74) is 2.00. The lowest BCUT2D eigenvalue weighted by Crippen LogP contribution is -2.11. The molecule has 110 valence electrons. The van der Waals surface area contributed by atoms with Crippen LogP contribution in [0.15, 0.2) is 30.3 Å². The minimum atomic E-state index is -0.991. The molecule has 0 atom stereocenters. The van der Waals surface area contributed by atoms with Gasteiger partial charge in [0.25, 0.3) is 0 Å². The Kier molecular flexibility index (Phi) is 4.98. The zero-order valence-electron chi connectivity index (χ0n) is 11.4. The maximum absolute atomic E-state index is 11.8. The number of hydrogen-bond donors (Lipinski definition) is 2. The van der Waals surface area contributed by atoms with Crippen LogP contribution in [0, 0.1) is 6.92 Å². The molecule has 1 aromatic heterocycles. The van der Waals surface area contributed by atoms with Crippen LogP contribution in [0.5, 0.6) is 0 Å². The van der Waals surface area contributed by atoms with E-state index in [4.69, 9.17) is 16.7 Å². The van der Waals surface area contributed by atoms with Gasteiger partial charge in [-0.25, -0.2) is 4.79 Å². The Morgan fingerprint density at radius 3 is 2.67 bits per heavy atom. The van der Waals surface area contributed by atoms with Gasteiger partial charge in [-0.05, 0) is 42.7 Å². The van der Waals surface area contributed by atoms with Crippen molar-refractivity contribution >= 4 is 39.8 Å². The van der Waals surface area contributed by atoms with Gasteiger partial charge in [0.15, 0.2) is 0 Å². The van der Waals surface area contributed by atoms with E-state index in [0.717, 1.165) is 22.5 Å². The molecule has 0 radical (unpaired) electrons. The van der Waals surface area contributed by atoms with Gasteiger partial charge < -0.3 is 10.4 Å². The minimum absolute atomic E-state index is 0.148. The van der Waals surface area contributed by atoms with Crippen molar-refractivity contribution in [3.63, 3.8) is 0 Å². The third-order valence-electron chi connectivity index (χ3n) is 2.96. The maximum Gasteiger partial charge on any atom is 0.345 e. The van der Waals surface area contributed by atoms with Crippen LogP contribution >= 0.6 is 22.9 Å². The third kappa shape index (κ3) is 4.31. The predicted octanol–water partition coefficient (Wildman–Crippen LogP) is 3.98. The number of aromatic carboxylic acids is 1. The van der Waals surface area contributed by atoms with Gasteiger partial charge in [-0.2, -0.15) is 0 Å². The van der Waals surface area contributed by atoms with Crippen molar-refractivity contribution in [1.82, 2.24) is 0 Å². The first-order valence-corrected chi connectivity index (χ1v) is 7.53. The number of hydrogen-bond acceptors (Lipinski definition) is 3. The fourth-order valence-corrected chi connectivity index (χ4v) is 2.73. The van der Waals surface area contributed by atoms with E-state index >= 15 is 0 Å². The largest absolute Gasteiger partial charge is 0.477 e. The minimum Gasteiger partial charge on any atom is -0.477 e. The van der Waals surface area contributed by atoms with E-state index in [1.54, 1.807) is 6.07 Å². The van der Waals surface area contributed by atoms with Crippen LogP contribution in [0.25, 0.3) is 0 Å². The molecular weight excluding hydrogens is 310 g/mol. The van der Waals surface area contributed by atoms with E-state index in [1.807, 2.05) is 25.1 Å². The molecule has 0 saturated carbocycles. The van der Waals surface area contributed by atoms with E-state index < -0.39 is 5.97 Å². The van der Waals surface area contributed by atoms with E-state index in [2.05, 4.69) is 5.32 Å². The van der Waals surface area contributed by atoms with Crippen molar-refractivity contribution in [1.29, 1.82) is 0 Å². The summed E-state index contributed by atoms with van der Waals surface area (Å²) in [7, 11) is 0. The highest BCUT2D eigenvalue weighted by Gasteiger charge is 2.09. The third-order valence-corrected chi connectivity index (χ3v) is 4.35. The van der Waals surface area contributed by atoms with Crippen molar-refractivity contribution in [2.45, 2.75) is 19.8 Å². The first kappa shape index (κ1) is 15.5. The molecule has 0 saturated heterocycles. The summed E-state index contributed by atoms with van der Waals surface area (Å²) in [5.74, 6) is -1.14. The highest BCUT2D eigenvalue weighted by atomic mass is 35.5. The number of carboxylic acids is 1. The number of carbonyl (C=O) groups excluding carboxylic acids is 1. The molecule has 0 aliphatic heterocycles. The molecule has 4 nitrogen and oxygen atoms in total.